The molecule has 2 bridgehead atoms. The molecule has 12 heavy (non-hydrogen) atoms. The van der Waals surface area contributed by atoms with Crippen LogP contribution in [0.4, 0.5) is 0 Å². The van der Waals surface area contributed by atoms with Crippen LogP contribution >= 0.6 is 11.6 Å². The molecule has 68 valence electrons. The molecule has 0 spiro atoms. The van der Waals surface area contributed by atoms with E-state index in [4.69, 9.17) is 11.6 Å². The van der Waals surface area contributed by atoms with Gasteiger partial charge < -0.3 is 0 Å². The summed E-state index contributed by atoms with van der Waals surface area (Å²) in [4.78, 5) is 0. The van der Waals surface area contributed by atoms with Gasteiger partial charge in [0.15, 0.2) is 0 Å². The van der Waals surface area contributed by atoms with Crippen molar-refractivity contribution in [2.45, 2.75) is 39.0 Å². The zero-order valence-corrected chi connectivity index (χ0v) is 8.91. The Morgan fingerprint density at radius 2 is 2.00 bits per heavy atom. The lowest BCUT2D eigenvalue weighted by atomic mass is 9.69. The lowest BCUT2D eigenvalue weighted by molar-refractivity contribution is 0.180. The predicted octanol–water partition coefficient (Wildman–Crippen LogP) is 3.61. The largest absolute Gasteiger partial charge is 0.118 e. The molecule has 0 aromatic rings. The highest BCUT2D eigenvalue weighted by Gasteiger charge is 2.62. The molecule has 0 heterocycles. The standard InChI is InChI=1S/C11H17Cl/c1-7-9(12)8-5-6-11(7,4)10(8,2)3/h8-9H,1,5-6H2,2-4H3/t8-,9+,11-/m1/s1. The molecule has 0 N–H and O–H groups in total. The average Bonchev–Trinajstić information content (AvgIpc) is 2.26. The van der Waals surface area contributed by atoms with Crippen LogP contribution in [0, 0.1) is 16.7 Å². The number of hydrogen-bond acceptors (Lipinski definition) is 0. The molecule has 0 radical (unpaired) electrons. The minimum absolute atomic E-state index is 0.235. The van der Waals surface area contributed by atoms with Gasteiger partial charge in [0, 0.05) is 0 Å². The van der Waals surface area contributed by atoms with Crippen LogP contribution in [0.15, 0.2) is 12.2 Å². The van der Waals surface area contributed by atoms with Crippen molar-refractivity contribution in [3.63, 3.8) is 0 Å². The zero-order chi connectivity index (χ0) is 9.15. The van der Waals surface area contributed by atoms with Crippen LogP contribution < -0.4 is 0 Å². The molecule has 2 aliphatic carbocycles. The smallest absolute Gasteiger partial charge is 0.0581 e. The Kier molecular flexibility index (Phi) is 1.50. The Morgan fingerprint density at radius 1 is 1.42 bits per heavy atom. The summed E-state index contributed by atoms with van der Waals surface area (Å²) in [5.41, 5.74) is 1.96. The van der Waals surface area contributed by atoms with Crippen molar-refractivity contribution in [3.8, 4) is 0 Å². The monoisotopic (exact) mass is 184 g/mol. The van der Waals surface area contributed by atoms with Gasteiger partial charge in [0.25, 0.3) is 0 Å². The van der Waals surface area contributed by atoms with E-state index in [0.717, 1.165) is 0 Å². The van der Waals surface area contributed by atoms with E-state index in [1.54, 1.807) is 0 Å². The fourth-order valence-corrected chi connectivity index (χ4v) is 3.85. The Hall–Kier alpha value is 0.0300. The summed E-state index contributed by atoms with van der Waals surface area (Å²) in [6.45, 7) is 11.2. The fourth-order valence-electron chi connectivity index (χ4n) is 3.17. The quantitative estimate of drug-likeness (QED) is 0.399. The van der Waals surface area contributed by atoms with Crippen molar-refractivity contribution in [3.05, 3.63) is 12.2 Å². The van der Waals surface area contributed by atoms with Gasteiger partial charge in [-0.2, -0.15) is 0 Å². The lowest BCUT2D eigenvalue weighted by Gasteiger charge is -2.34. The minimum atomic E-state index is 0.235. The lowest BCUT2D eigenvalue weighted by Crippen LogP contribution is -2.27. The third-order valence-corrected chi connectivity index (χ3v) is 5.27. The molecule has 0 unspecified atom stereocenters. The second-order valence-corrected chi connectivity index (χ2v) is 5.60. The van der Waals surface area contributed by atoms with E-state index in [-0.39, 0.29) is 5.38 Å². The average molecular weight is 185 g/mol. The van der Waals surface area contributed by atoms with Gasteiger partial charge in [-0.1, -0.05) is 32.9 Å². The summed E-state index contributed by atoms with van der Waals surface area (Å²) in [6.07, 6.45) is 2.57. The first kappa shape index (κ1) is 8.62. The summed E-state index contributed by atoms with van der Waals surface area (Å²) in [7, 11) is 0. The second kappa shape index (κ2) is 2.09. The maximum Gasteiger partial charge on any atom is 0.0581 e. The van der Waals surface area contributed by atoms with E-state index in [2.05, 4.69) is 27.4 Å². The van der Waals surface area contributed by atoms with Crippen LogP contribution in [-0.2, 0) is 0 Å². The van der Waals surface area contributed by atoms with Crippen molar-refractivity contribution in [2.75, 3.05) is 0 Å². The molecule has 0 amide bonds. The van der Waals surface area contributed by atoms with E-state index in [1.165, 1.54) is 18.4 Å². The summed E-state index contributed by atoms with van der Waals surface area (Å²) < 4.78 is 0. The van der Waals surface area contributed by atoms with Crippen LogP contribution in [0.1, 0.15) is 33.6 Å². The van der Waals surface area contributed by atoms with Gasteiger partial charge >= 0.3 is 0 Å². The Labute approximate surface area is 80.0 Å². The van der Waals surface area contributed by atoms with E-state index >= 15 is 0 Å². The summed E-state index contributed by atoms with van der Waals surface area (Å²) in [5, 5.41) is 0.235. The first-order chi connectivity index (χ1) is 5.41. The van der Waals surface area contributed by atoms with Crippen LogP contribution in [0.5, 0.6) is 0 Å². The highest BCUT2D eigenvalue weighted by molar-refractivity contribution is 6.23. The topological polar surface area (TPSA) is 0 Å². The maximum atomic E-state index is 6.33. The number of fused-ring (bicyclic) bond motifs is 2. The molecule has 2 rings (SSSR count). The molecule has 3 atom stereocenters. The number of allylic oxidation sites excluding steroid dienone is 1. The Morgan fingerprint density at radius 3 is 2.25 bits per heavy atom. The molecule has 0 saturated heterocycles. The molecule has 0 aromatic carbocycles. The van der Waals surface area contributed by atoms with Gasteiger partial charge in [-0.3, -0.25) is 0 Å². The third-order valence-electron chi connectivity index (χ3n) is 4.70. The van der Waals surface area contributed by atoms with Crippen molar-refractivity contribution in [1.29, 1.82) is 0 Å². The van der Waals surface area contributed by atoms with Gasteiger partial charge in [-0.05, 0) is 29.6 Å². The van der Waals surface area contributed by atoms with Crippen LogP contribution in [0.3, 0.4) is 0 Å². The van der Waals surface area contributed by atoms with Crippen molar-refractivity contribution in [1.82, 2.24) is 0 Å². The summed E-state index contributed by atoms with van der Waals surface area (Å²) in [5.74, 6) is 0.664. The second-order valence-electron chi connectivity index (χ2n) is 5.13. The normalized spacial score (nSPS) is 50.2. The third kappa shape index (κ3) is 0.666. The fraction of sp³-hybridized carbons (Fsp3) is 0.818. The van der Waals surface area contributed by atoms with E-state index in [0.29, 0.717) is 16.7 Å². The van der Waals surface area contributed by atoms with Crippen molar-refractivity contribution >= 4 is 11.6 Å². The molecule has 0 aliphatic heterocycles. The van der Waals surface area contributed by atoms with Gasteiger partial charge in [0.1, 0.15) is 0 Å². The zero-order valence-electron chi connectivity index (χ0n) is 8.15. The first-order valence-corrected chi connectivity index (χ1v) is 5.18. The molecule has 2 fully saturated rings. The van der Waals surface area contributed by atoms with Gasteiger partial charge in [0.2, 0.25) is 0 Å². The maximum absolute atomic E-state index is 6.33. The minimum Gasteiger partial charge on any atom is -0.118 e. The molecule has 2 saturated carbocycles. The van der Waals surface area contributed by atoms with Crippen LogP contribution in [0.2, 0.25) is 0 Å². The molecule has 0 aromatic heterocycles. The highest BCUT2D eigenvalue weighted by atomic mass is 35.5. The first-order valence-electron chi connectivity index (χ1n) is 4.74. The van der Waals surface area contributed by atoms with Crippen LogP contribution in [-0.4, -0.2) is 5.38 Å². The molecule has 2 aliphatic rings. The SMILES string of the molecule is C=C1[C@H](Cl)[C@H]2CC[C@@]1(C)C2(C)C. The van der Waals surface area contributed by atoms with E-state index in [1.807, 2.05) is 0 Å². The van der Waals surface area contributed by atoms with Crippen molar-refractivity contribution in [2.24, 2.45) is 16.7 Å². The van der Waals surface area contributed by atoms with Gasteiger partial charge in [-0.25, -0.2) is 0 Å². The predicted molar refractivity (Wildman–Crippen MR) is 53.4 cm³/mol. The number of rotatable bonds is 0. The van der Waals surface area contributed by atoms with Crippen LogP contribution in [0.25, 0.3) is 0 Å². The van der Waals surface area contributed by atoms with E-state index in [9.17, 15) is 0 Å². The van der Waals surface area contributed by atoms with E-state index < -0.39 is 0 Å². The molecule has 1 heteroatoms. The van der Waals surface area contributed by atoms with Crippen molar-refractivity contribution < 1.29 is 0 Å². The molecular formula is C11H17Cl. The number of alkyl halides is 1. The Bertz CT molecular complexity index is 241. The molecule has 0 nitrogen and oxygen atoms in total. The summed E-state index contributed by atoms with van der Waals surface area (Å²) >= 11 is 6.33. The Balaban J connectivity index is 2.50. The summed E-state index contributed by atoms with van der Waals surface area (Å²) in [6, 6.07) is 0. The number of hydrogen-bond donors (Lipinski definition) is 0. The molecular weight excluding hydrogens is 168 g/mol. The number of halogens is 1. The highest BCUT2D eigenvalue weighted by Crippen LogP contribution is 2.68. The van der Waals surface area contributed by atoms with Gasteiger partial charge in [-0.15, -0.1) is 11.6 Å². The van der Waals surface area contributed by atoms with Gasteiger partial charge in [0.05, 0.1) is 5.38 Å².